The van der Waals surface area contributed by atoms with E-state index in [1.165, 1.54) is 64.2 Å². The van der Waals surface area contributed by atoms with Crippen molar-refractivity contribution < 1.29 is 24.8 Å². The van der Waals surface area contributed by atoms with Gasteiger partial charge in [0.2, 0.25) is 0 Å². The first-order valence-corrected chi connectivity index (χ1v) is 20.1. The van der Waals surface area contributed by atoms with Gasteiger partial charge in [-0.15, -0.1) is 11.8 Å². The van der Waals surface area contributed by atoms with Crippen LogP contribution in [0.5, 0.6) is 0 Å². The van der Waals surface area contributed by atoms with Gasteiger partial charge in [-0.3, -0.25) is 0 Å². The van der Waals surface area contributed by atoms with Gasteiger partial charge in [0.1, 0.15) is 23.7 Å². The van der Waals surface area contributed by atoms with Crippen LogP contribution in [0.1, 0.15) is 138 Å². The van der Waals surface area contributed by atoms with Gasteiger partial charge in [-0.25, -0.2) is 0 Å². The molecule has 4 fully saturated rings. The fraction of sp³-hybridized carbons (Fsp3) is 0.949. The van der Waals surface area contributed by atoms with E-state index in [2.05, 4.69) is 40.7 Å². The molecule has 4 aliphatic carbocycles. The van der Waals surface area contributed by atoms with E-state index in [-0.39, 0.29) is 0 Å². The van der Waals surface area contributed by atoms with Gasteiger partial charge in [-0.1, -0.05) is 78.4 Å². The molecule has 5 rings (SSSR count). The normalized spacial score (nSPS) is 43.8. The lowest BCUT2D eigenvalue weighted by Crippen LogP contribution is -2.55. The van der Waals surface area contributed by atoms with E-state index >= 15 is 0 Å². The number of fused-ring (bicyclic) bond motifs is 5. The number of hydrogen-bond acceptors (Lipinski definition) is 6. The number of hydrogen-bond donors (Lipinski definition) is 3. The molecule has 0 bridgehead atoms. The largest absolute Gasteiger partial charge is 0.388 e. The minimum atomic E-state index is -1.14. The summed E-state index contributed by atoms with van der Waals surface area (Å²) in [5, 5.41) is 30.1. The van der Waals surface area contributed by atoms with Gasteiger partial charge in [0.05, 0.1) is 12.2 Å². The molecule has 0 amide bonds. The third-order valence-corrected chi connectivity index (χ3v) is 15.0. The maximum Gasteiger partial charge on any atom is 0.132 e. The van der Waals surface area contributed by atoms with Crippen molar-refractivity contribution in [2.45, 2.75) is 174 Å². The molecule has 0 aromatic rings. The molecular weight excluding hydrogens is 580 g/mol. The minimum Gasteiger partial charge on any atom is -0.388 e. The van der Waals surface area contributed by atoms with Crippen molar-refractivity contribution in [2.75, 3.05) is 12.4 Å². The molecule has 5 aliphatic rings. The Balaban J connectivity index is 1.02. The molecule has 5 nitrogen and oxygen atoms in total. The quantitative estimate of drug-likeness (QED) is 0.129. The third-order valence-electron chi connectivity index (χ3n) is 13.7. The number of ether oxygens (including phenoxy) is 2. The van der Waals surface area contributed by atoms with Gasteiger partial charge in [0.15, 0.2) is 0 Å². The lowest BCUT2D eigenvalue weighted by Gasteiger charge is -2.58. The second-order valence-electron chi connectivity index (χ2n) is 17.0. The van der Waals surface area contributed by atoms with Crippen LogP contribution in [-0.2, 0) is 9.47 Å². The summed E-state index contributed by atoms with van der Waals surface area (Å²) in [6.07, 6.45) is 18.9. The highest BCUT2D eigenvalue weighted by Gasteiger charge is 2.59. The van der Waals surface area contributed by atoms with Crippen molar-refractivity contribution in [1.82, 2.24) is 0 Å². The predicted octanol–water partition coefficient (Wildman–Crippen LogP) is 8.53. The zero-order valence-electron chi connectivity index (χ0n) is 29.6. The molecule has 1 saturated heterocycles. The van der Waals surface area contributed by atoms with Crippen LogP contribution in [0, 0.1) is 46.3 Å². The Morgan fingerprint density at radius 3 is 2.44 bits per heavy atom. The molecule has 0 unspecified atom stereocenters. The summed E-state index contributed by atoms with van der Waals surface area (Å²) in [5.41, 5.74) is 2.22. The summed E-state index contributed by atoms with van der Waals surface area (Å²) in [4.78, 5) is 0. The molecule has 0 aromatic heterocycles. The second kappa shape index (κ2) is 15.6. The van der Waals surface area contributed by atoms with Crippen LogP contribution < -0.4 is 0 Å². The Labute approximate surface area is 280 Å². The van der Waals surface area contributed by atoms with Crippen LogP contribution in [0.4, 0.5) is 0 Å². The molecule has 260 valence electrons. The molecule has 6 heteroatoms. The summed E-state index contributed by atoms with van der Waals surface area (Å²) in [5.74, 6) is 6.24. The van der Waals surface area contributed by atoms with E-state index in [4.69, 9.17) is 9.47 Å². The van der Waals surface area contributed by atoms with E-state index in [9.17, 15) is 15.3 Å². The molecule has 0 radical (unpaired) electrons. The molecule has 3 saturated carbocycles. The molecule has 13 atom stereocenters. The Morgan fingerprint density at radius 2 is 1.67 bits per heavy atom. The maximum absolute atomic E-state index is 10.2. The third kappa shape index (κ3) is 7.88. The van der Waals surface area contributed by atoms with E-state index in [1.807, 2.05) is 0 Å². The average molecular weight is 649 g/mol. The summed E-state index contributed by atoms with van der Waals surface area (Å²) >= 11 is 1.55. The van der Waals surface area contributed by atoms with Crippen LogP contribution in [0.25, 0.3) is 0 Å². The lowest BCUT2D eigenvalue weighted by atomic mass is 9.47. The van der Waals surface area contributed by atoms with Crippen molar-refractivity contribution in [2.24, 2.45) is 46.3 Å². The molecular formula is C39H68O5S. The molecule has 45 heavy (non-hydrogen) atoms. The van der Waals surface area contributed by atoms with Crippen LogP contribution in [-0.4, -0.2) is 63.6 Å². The van der Waals surface area contributed by atoms with E-state index in [0.29, 0.717) is 16.9 Å². The molecule has 1 heterocycles. The Hall–Kier alpha value is -0.110. The molecule has 3 N–H and O–H groups in total. The van der Waals surface area contributed by atoms with Crippen molar-refractivity contribution in [3.63, 3.8) is 0 Å². The van der Waals surface area contributed by atoms with Gasteiger partial charge < -0.3 is 24.8 Å². The van der Waals surface area contributed by atoms with Crippen LogP contribution >= 0.6 is 11.8 Å². The Kier molecular flexibility index (Phi) is 12.6. The topological polar surface area (TPSA) is 79.2 Å². The number of unbranched alkanes of at least 4 members (excludes halogenated alkanes) is 3. The molecule has 0 spiro atoms. The molecule has 1 aliphatic heterocycles. The van der Waals surface area contributed by atoms with Crippen LogP contribution in [0.2, 0.25) is 0 Å². The van der Waals surface area contributed by atoms with Crippen molar-refractivity contribution in [3.8, 4) is 0 Å². The summed E-state index contributed by atoms with van der Waals surface area (Å²) in [6, 6.07) is 0. The second-order valence-corrected chi connectivity index (χ2v) is 18.2. The van der Waals surface area contributed by atoms with Gasteiger partial charge in [-0.05, 0) is 123 Å². The van der Waals surface area contributed by atoms with Gasteiger partial charge in [0.25, 0.3) is 0 Å². The van der Waals surface area contributed by atoms with Gasteiger partial charge >= 0.3 is 0 Å². The Morgan fingerprint density at radius 1 is 0.889 bits per heavy atom. The predicted molar refractivity (Wildman–Crippen MR) is 186 cm³/mol. The summed E-state index contributed by atoms with van der Waals surface area (Å²) < 4.78 is 12.2. The van der Waals surface area contributed by atoms with Gasteiger partial charge in [-0.2, -0.15) is 0 Å². The number of rotatable bonds is 14. The highest BCUT2D eigenvalue weighted by Crippen LogP contribution is 2.67. The maximum atomic E-state index is 10.2. The standard InChI is InChI=1S/C39H68O5S/c1-25(2)12-11-13-26(3)31-16-17-32-30-15-14-28-24-29(18-20-38(28,5)33(30)19-21-39(31,32)6)43-22-9-7-8-10-23-45-37-36(42)35(41)34(40)27(4)44-37/h14,25-27,29-37,40-42H,7-13,15-24H2,1-6H3/t26-,27+,29+,30+,31-,32+,33+,34-,35-,36+,37-,38+,39-/m1/s1. The van der Waals surface area contributed by atoms with E-state index < -0.39 is 29.9 Å². The van der Waals surface area contributed by atoms with Gasteiger partial charge in [0, 0.05) is 6.61 Å². The van der Waals surface area contributed by atoms with Crippen LogP contribution in [0.15, 0.2) is 11.6 Å². The average Bonchev–Trinajstić information content (AvgIpc) is 3.37. The fourth-order valence-electron chi connectivity index (χ4n) is 11.0. The molecule has 0 aromatic carbocycles. The fourth-order valence-corrected chi connectivity index (χ4v) is 12.2. The number of aliphatic hydroxyl groups excluding tert-OH is 3. The first-order valence-electron chi connectivity index (χ1n) is 19.1. The highest BCUT2D eigenvalue weighted by atomic mass is 32.2. The highest BCUT2D eigenvalue weighted by molar-refractivity contribution is 7.99. The zero-order valence-corrected chi connectivity index (χ0v) is 30.4. The van der Waals surface area contributed by atoms with Crippen molar-refractivity contribution in [3.05, 3.63) is 11.6 Å². The SMILES string of the molecule is CC(C)CCC[C@@H](C)[C@H]1CC[C@H]2[C@@H]3CC=C4C[C@@H](OCCCCCCS[C@H]5O[C@@H](C)[C@@H](O)[C@@H](O)[C@@H]5O)CC[C@]4(C)[C@H]3CC[C@]12C. The summed E-state index contributed by atoms with van der Waals surface area (Å²) in [6.45, 7) is 15.3. The lowest BCUT2D eigenvalue weighted by molar-refractivity contribution is -0.192. The zero-order chi connectivity index (χ0) is 32.4. The smallest absolute Gasteiger partial charge is 0.132 e. The number of aliphatic hydroxyl groups is 3. The van der Waals surface area contributed by atoms with E-state index in [0.717, 1.165) is 80.0 Å². The summed E-state index contributed by atoms with van der Waals surface area (Å²) in [7, 11) is 0. The van der Waals surface area contributed by atoms with Crippen molar-refractivity contribution in [1.29, 1.82) is 0 Å². The van der Waals surface area contributed by atoms with E-state index in [1.54, 1.807) is 24.3 Å². The minimum absolute atomic E-state index is 0.390. The van der Waals surface area contributed by atoms with Crippen LogP contribution in [0.3, 0.4) is 0 Å². The monoisotopic (exact) mass is 648 g/mol. The first-order chi connectivity index (χ1) is 21.5. The number of allylic oxidation sites excluding steroid dienone is 1. The Bertz CT molecular complexity index is 971. The first kappa shape index (κ1) is 36.2. The number of thioether (sulfide) groups is 1. The van der Waals surface area contributed by atoms with Crippen molar-refractivity contribution >= 4 is 11.8 Å².